The van der Waals surface area contributed by atoms with E-state index in [4.69, 9.17) is 5.73 Å². The number of allylic oxidation sites excluding steroid dienone is 1. The summed E-state index contributed by atoms with van der Waals surface area (Å²) in [5.74, 6) is 0. The first-order chi connectivity index (χ1) is 13.3. The Hall–Kier alpha value is -2.06. The Morgan fingerprint density at radius 3 is 2.55 bits per heavy atom. The van der Waals surface area contributed by atoms with Crippen molar-refractivity contribution in [3.05, 3.63) is 54.2 Å². The topological polar surface area (TPSA) is 80.3 Å². The van der Waals surface area contributed by atoms with Crippen molar-refractivity contribution in [1.82, 2.24) is 20.4 Å². The first kappa shape index (κ1) is 25.0. The number of nitrogens with two attached hydrogens (primary N) is 1. The van der Waals surface area contributed by atoms with E-state index in [1.165, 1.54) is 13.8 Å². The predicted octanol–water partition coefficient (Wildman–Crippen LogP) is 3.63. The molecule has 8 heteroatoms. The highest BCUT2D eigenvalue weighted by Gasteiger charge is 2.28. The number of thiol groups is 1. The average molecular weight is 423 g/mol. The Labute approximate surface area is 179 Å². The highest BCUT2D eigenvalue weighted by atomic mass is 32.1. The van der Waals surface area contributed by atoms with Crippen molar-refractivity contribution in [2.24, 2.45) is 10.1 Å². The van der Waals surface area contributed by atoms with Gasteiger partial charge in [-0.05, 0) is 71.7 Å². The highest BCUT2D eigenvalue weighted by molar-refractivity contribution is 7.79. The first-order valence-electron chi connectivity index (χ1n) is 9.52. The number of aromatic nitrogens is 2. The molecule has 0 aliphatic carbocycles. The van der Waals surface area contributed by atoms with Crippen molar-refractivity contribution in [3.8, 4) is 0 Å². The minimum absolute atomic E-state index is 0.287. The second-order valence-electron chi connectivity index (χ2n) is 8.29. The number of alkyl halides is 1. The molecule has 4 N–H and O–H groups in total. The number of hydrogen-bond donors (Lipinski definition) is 4. The van der Waals surface area contributed by atoms with Gasteiger partial charge in [0, 0.05) is 18.8 Å². The van der Waals surface area contributed by atoms with Crippen molar-refractivity contribution < 1.29 is 4.39 Å². The number of halogens is 1. The van der Waals surface area contributed by atoms with Crippen LogP contribution in [0.2, 0.25) is 0 Å². The van der Waals surface area contributed by atoms with E-state index in [1.54, 1.807) is 16.8 Å². The second kappa shape index (κ2) is 10.1. The minimum atomic E-state index is -1.55. The lowest BCUT2D eigenvalue weighted by atomic mass is 10.0. The van der Waals surface area contributed by atoms with E-state index in [9.17, 15) is 4.39 Å². The van der Waals surface area contributed by atoms with E-state index in [2.05, 4.69) is 46.1 Å². The van der Waals surface area contributed by atoms with Gasteiger partial charge in [0.2, 0.25) is 0 Å². The molecule has 0 aliphatic heterocycles. The monoisotopic (exact) mass is 422 g/mol. The summed E-state index contributed by atoms with van der Waals surface area (Å²) in [6, 6.07) is 1.43. The van der Waals surface area contributed by atoms with E-state index in [0.29, 0.717) is 30.1 Å². The third kappa shape index (κ3) is 7.36. The maximum atomic E-state index is 14.4. The molecule has 0 saturated carbocycles. The van der Waals surface area contributed by atoms with Crippen LogP contribution in [0.3, 0.4) is 0 Å². The Morgan fingerprint density at radius 1 is 1.45 bits per heavy atom. The quantitative estimate of drug-likeness (QED) is 0.249. The molecule has 0 spiro atoms. The number of nitrogens with one attached hydrogen (secondary N) is 2. The van der Waals surface area contributed by atoms with Crippen LogP contribution in [0.15, 0.2) is 47.2 Å². The van der Waals surface area contributed by atoms with Gasteiger partial charge in [0.1, 0.15) is 5.67 Å². The molecule has 29 heavy (non-hydrogen) atoms. The fraction of sp³-hybridized carbons (Fsp3) is 0.524. The van der Waals surface area contributed by atoms with Crippen molar-refractivity contribution in [3.63, 3.8) is 0 Å². The molecule has 0 bridgehead atoms. The molecule has 1 aromatic heterocycles. The van der Waals surface area contributed by atoms with Crippen molar-refractivity contribution in [1.29, 1.82) is 0 Å². The average Bonchev–Trinajstić information content (AvgIpc) is 3.03. The minimum Gasteiger partial charge on any atom is -0.394 e. The van der Waals surface area contributed by atoms with E-state index >= 15 is 0 Å². The van der Waals surface area contributed by atoms with Crippen LogP contribution in [0, 0.1) is 0 Å². The summed E-state index contributed by atoms with van der Waals surface area (Å²) in [6.07, 6.45) is 4.23. The largest absolute Gasteiger partial charge is 0.394 e. The molecule has 0 amide bonds. The third-order valence-corrected chi connectivity index (χ3v) is 4.75. The maximum absolute atomic E-state index is 14.4. The van der Waals surface area contributed by atoms with Crippen LogP contribution in [0.25, 0.3) is 0 Å². The van der Waals surface area contributed by atoms with E-state index < -0.39 is 11.2 Å². The second-order valence-corrected chi connectivity index (χ2v) is 8.49. The molecule has 0 aromatic carbocycles. The molecule has 1 atom stereocenters. The molecule has 0 fully saturated rings. The standard InChI is InChI=1S/C21H35FN6S/c1-9-16(12-24-8)10-17(23)14(2)25-20(4,5)13-28-18(15(3)27-29)11-19(26-28)21(6,7)22/h9,11-12,17,24-25,29H,1-2,10,13,23H2,3-8H3/b16-12+,27-15+. The maximum Gasteiger partial charge on any atom is 0.149 e. The Kier molecular flexibility index (Phi) is 8.71. The van der Waals surface area contributed by atoms with Crippen molar-refractivity contribution >= 4 is 18.5 Å². The van der Waals surface area contributed by atoms with Crippen LogP contribution >= 0.6 is 12.8 Å². The lowest BCUT2D eigenvalue weighted by Crippen LogP contribution is -2.47. The molecule has 1 aromatic rings. The summed E-state index contributed by atoms with van der Waals surface area (Å²) in [4.78, 5) is 0. The summed E-state index contributed by atoms with van der Waals surface area (Å²) in [5, 5.41) is 10.8. The summed E-state index contributed by atoms with van der Waals surface area (Å²) in [6.45, 7) is 17.2. The van der Waals surface area contributed by atoms with Gasteiger partial charge in [0.05, 0.1) is 29.2 Å². The zero-order chi connectivity index (χ0) is 22.4. The van der Waals surface area contributed by atoms with Crippen molar-refractivity contribution in [2.45, 2.75) is 64.8 Å². The molecule has 0 aliphatic rings. The van der Waals surface area contributed by atoms with Gasteiger partial charge < -0.3 is 16.4 Å². The molecule has 6 nitrogen and oxygen atoms in total. The zero-order valence-electron chi connectivity index (χ0n) is 18.4. The summed E-state index contributed by atoms with van der Waals surface area (Å²) in [5.41, 5.74) is 7.74. The van der Waals surface area contributed by atoms with Gasteiger partial charge in [-0.3, -0.25) is 4.68 Å². The lowest BCUT2D eigenvalue weighted by Gasteiger charge is -2.31. The summed E-state index contributed by atoms with van der Waals surface area (Å²) >= 11 is 4.00. The third-order valence-electron chi connectivity index (χ3n) is 4.45. The number of rotatable bonds is 11. The molecule has 162 valence electrons. The summed E-state index contributed by atoms with van der Waals surface area (Å²) in [7, 11) is 1.83. The zero-order valence-corrected chi connectivity index (χ0v) is 19.3. The molecule has 1 rings (SSSR count). The lowest BCUT2D eigenvalue weighted by molar-refractivity contribution is 0.211. The van der Waals surface area contributed by atoms with Crippen LogP contribution in [0.5, 0.6) is 0 Å². The predicted molar refractivity (Wildman–Crippen MR) is 124 cm³/mol. The smallest absolute Gasteiger partial charge is 0.149 e. The molecule has 0 saturated heterocycles. The van der Waals surface area contributed by atoms with Gasteiger partial charge in [-0.15, -0.1) is 0 Å². The van der Waals surface area contributed by atoms with Crippen LogP contribution in [-0.4, -0.2) is 34.1 Å². The first-order valence-corrected chi connectivity index (χ1v) is 9.92. The Balaban J connectivity index is 3.02. The number of nitrogens with zero attached hydrogens (tertiary/aromatic N) is 3. The molecule has 1 heterocycles. The van der Waals surface area contributed by atoms with Gasteiger partial charge in [0.15, 0.2) is 0 Å². The van der Waals surface area contributed by atoms with E-state index in [1.807, 2.05) is 34.0 Å². The fourth-order valence-electron chi connectivity index (χ4n) is 2.88. The molecule has 0 radical (unpaired) electrons. The van der Waals surface area contributed by atoms with Gasteiger partial charge >= 0.3 is 0 Å². The van der Waals surface area contributed by atoms with Crippen LogP contribution in [0.1, 0.15) is 52.4 Å². The normalized spacial score (nSPS) is 14.5. The van der Waals surface area contributed by atoms with Crippen LogP contribution in [0.4, 0.5) is 4.39 Å². The van der Waals surface area contributed by atoms with Crippen LogP contribution in [-0.2, 0) is 12.2 Å². The van der Waals surface area contributed by atoms with Gasteiger partial charge in [-0.2, -0.15) is 5.10 Å². The fourth-order valence-corrected chi connectivity index (χ4v) is 2.98. The van der Waals surface area contributed by atoms with Gasteiger partial charge in [-0.25, -0.2) is 8.79 Å². The SMILES string of the molecule is C=C/C(=C\NC)CC(N)C(=C)NC(C)(C)Cn1nc(C(C)(C)F)cc1/C(C)=N/S. The molecular formula is C21H35FN6S. The van der Waals surface area contributed by atoms with E-state index in [0.717, 1.165) is 11.3 Å². The summed E-state index contributed by atoms with van der Waals surface area (Å²) < 4.78 is 20.1. The number of hydrogen-bond acceptors (Lipinski definition) is 6. The van der Waals surface area contributed by atoms with Crippen LogP contribution < -0.4 is 16.4 Å². The molecular weight excluding hydrogens is 387 g/mol. The Morgan fingerprint density at radius 2 is 2.07 bits per heavy atom. The van der Waals surface area contributed by atoms with Crippen molar-refractivity contribution in [2.75, 3.05) is 7.05 Å². The van der Waals surface area contributed by atoms with E-state index in [-0.39, 0.29) is 6.04 Å². The van der Waals surface area contributed by atoms with Gasteiger partial charge in [-0.1, -0.05) is 19.2 Å². The highest BCUT2D eigenvalue weighted by Crippen LogP contribution is 2.25. The Bertz CT molecular complexity index is 786. The van der Waals surface area contributed by atoms with Gasteiger partial charge in [0.25, 0.3) is 0 Å². The molecule has 1 unspecified atom stereocenters.